The highest BCUT2D eigenvalue weighted by Gasteiger charge is 1.99. The number of rotatable bonds is 4. The summed E-state index contributed by atoms with van der Waals surface area (Å²) in [6.07, 6.45) is 3.99. The Balaban J connectivity index is 2.08. The molecule has 3 nitrogen and oxygen atoms in total. The molecule has 0 saturated heterocycles. The maximum Gasteiger partial charge on any atom is 0.317 e. The molecule has 0 aliphatic carbocycles. The fourth-order valence-corrected chi connectivity index (χ4v) is 2.09. The minimum atomic E-state index is -0.799. The third kappa shape index (κ3) is 3.25. The molecule has 2 N–H and O–H groups in total. The smallest absolute Gasteiger partial charge is 0.317 e. The fourth-order valence-electron chi connectivity index (χ4n) is 0.768. The second-order valence-electron chi connectivity index (χ2n) is 2.18. The number of hydrogen-bond acceptors (Lipinski definition) is 2. The molecule has 1 aliphatic rings. The van der Waals surface area contributed by atoms with Crippen LogP contribution in [0.2, 0.25) is 0 Å². The number of carboxylic acids is 1. The molecule has 0 bridgehead atoms. The number of hydrogen-bond donors (Lipinski definition) is 3. The zero-order chi connectivity index (χ0) is 8.10. The first-order chi connectivity index (χ1) is 5.29. The molecule has 0 atom stereocenters. The van der Waals surface area contributed by atoms with Crippen LogP contribution in [0.3, 0.4) is 0 Å². The molecule has 0 radical (unpaired) electrons. The van der Waals surface area contributed by atoms with E-state index in [0.29, 0.717) is 0 Å². The molecule has 1 aliphatic heterocycles. The fraction of sp³-hybridized carbons (Fsp3) is 0.286. The summed E-state index contributed by atoms with van der Waals surface area (Å²) in [6.45, 7) is 0.0561. The van der Waals surface area contributed by atoms with Crippen molar-refractivity contribution in [2.24, 2.45) is 0 Å². The Hall–Kier alpha value is -0.740. The van der Waals surface area contributed by atoms with Crippen molar-refractivity contribution in [1.82, 2.24) is 5.32 Å². The van der Waals surface area contributed by atoms with Gasteiger partial charge in [0, 0.05) is 5.88 Å². The molecule has 1 heterocycles. The van der Waals surface area contributed by atoms with Gasteiger partial charge in [-0.05, 0) is 10.8 Å². The highest BCUT2D eigenvalue weighted by atomic mass is 32.2. The largest absolute Gasteiger partial charge is 0.480 e. The van der Waals surface area contributed by atoms with E-state index in [0.717, 1.165) is 5.88 Å². The normalized spacial score (nSPS) is 17.6. The zero-order valence-electron chi connectivity index (χ0n) is 6.03. The van der Waals surface area contributed by atoms with Crippen LogP contribution in [0, 0.1) is 0 Å². The molecular formula is C7H11NO2S. The third-order valence-corrected chi connectivity index (χ3v) is 2.94. The van der Waals surface area contributed by atoms with Crippen LogP contribution in [-0.2, 0) is 4.79 Å². The minimum Gasteiger partial charge on any atom is -0.480 e. The molecule has 1 rings (SSSR count). The summed E-state index contributed by atoms with van der Waals surface area (Å²) >= 11 is 0. The summed E-state index contributed by atoms with van der Waals surface area (Å²) < 4.78 is 0. The molecule has 4 heteroatoms. The van der Waals surface area contributed by atoms with Gasteiger partial charge in [-0.1, -0.05) is 12.2 Å². The van der Waals surface area contributed by atoms with Gasteiger partial charge in [-0.2, -0.15) is 0 Å². The van der Waals surface area contributed by atoms with Gasteiger partial charge in [-0.15, -0.1) is 0 Å². The number of carboxylic acid groups (broad SMARTS) is 1. The van der Waals surface area contributed by atoms with E-state index in [1.54, 1.807) is 0 Å². The summed E-state index contributed by atoms with van der Waals surface area (Å²) in [7, 11) is -0.211. The first-order valence-corrected chi connectivity index (χ1v) is 4.99. The molecule has 0 amide bonds. The summed E-state index contributed by atoms with van der Waals surface area (Å²) in [5.41, 5.74) is 0. The molecule has 0 aromatic carbocycles. The molecule has 62 valence electrons. The average Bonchev–Trinajstić information content (AvgIpc) is 2.39. The molecular weight excluding hydrogens is 162 g/mol. The molecule has 0 aromatic heterocycles. The third-order valence-electron chi connectivity index (χ3n) is 1.24. The van der Waals surface area contributed by atoms with Crippen molar-refractivity contribution in [3.8, 4) is 0 Å². The highest BCUT2D eigenvalue weighted by molar-refractivity contribution is 8.22. The number of thiol groups is 1. The van der Waals surface area contributed by atoms with Gasteiger partial charge in [-0.25, -0.2) is 10.9 Å². The number of aliphatic carboxylic acids is 1. The Kier molecular flexibility index (Phi) is 3.19. The zero-order valence-corrected chi connectivity index (χ0v) is 6.92. The molecule has 11 heavy (non-hydrogen) atoms. The Morgan fingerprint density at radius 2 is 2.09 bits per heavy atom. The van der Waals surface area contributed by atoms with Gasteiger partial charge >= 0.3 is 5.97 Å². The lowest BCUT2D eigenvalue weighted by Gasteiger charge is -2.08. The topological polar surface area (TPSA) is 49.3 Å². The summed E-state index contributed by atoms with van der Waals surface area (Å²) in [6, 6.07) is 0. The maximum absolute atomic E-state index is 10.1. The Morgan fingerprint density at radius 3 is 2.64 bits per heavy atom. The first-order valence-electron chi connectivity index (χ1n) is 3.32. The van der Waals surface area contributed by atoms with Crippen LogP contribution in [0.25, 0.3) is 0 Å². The van der Waals surface area contributed by atoms with Crippen molar-refractivity contribution in [1.29, 1.82) is 0 Å². The van der Waals surface area contributed by atoms with E-state index in [4.69, 9.17) is 5.11 Å². The van der Waals surface area contributed by atoms with Crippen molar-refractivity contribution >= 4 is 16.9 Å². The van der Waals surface area contributed by atoms with E-state index in [1.165, 1.54) is 0 Å². The van der Waals surface area contributed by atoms with E-state index in [-0.39, 0.29) is 17.4 Å². The van der Waals surface area contributed by atoms with Gasteiger partial charge in [-0.3, -0.25) is 10.1 Å². The van der Waals surface area contributed by atoms with Crippen LogP contribution in [0.4, 0.5) is 0 Å². The predicted molar refractivity (Wildman–Crippen MR) is 47.8 cm³/mol. The Labute approximate surface area is 68.1 Å². The summed E-state index contributed by atoms with van der Waals surface area (Å²) in [5, 5.41) is 15.4. The van der Waals surface area contributed by atoms with E-state index in [9.17, 15) is 4.79 Å². The van der Waals surface area contributed by atoms with E-state index in [2.05, 4.69) is 16.1 Å². The van der Waals surface area contributed by atoms with Crippen molar-refractivity contribution in [3.05, 3.63) is 23.0 Å². The first kappa shape index (κ1) is 8.36. The van der Waals surface area contributed by atoms with E-state index >= 15 is 0 Å². The quantitative estimate of drug-likeness (QED) is 0.547. The lowest BCUT2D eigenvalue weighted by molar-refractivity contribution is -0.135. The maximum atomic E-state index is 10.1. The van der Waals surface area contributed by atoms with Crippen LogP contribution >= 0.6 is 10.9 Å². The van der Waals surface area contributed by atoms with Crippen molar-refractivity contribution in [3.63, 3.8) is 0 Å². The van der Waals surface area contributed by atoms with Gasteiger partial charge in [0.05, 0.1) is 6.54 Å². The Bertz CT molecular complexity index is 189. The number of allylic oxidation sites excluding steroid dienone is 2. The molecule has 0 spiro atoms. The van der Waals surface area contributed by atoms with E-state index < -0.39 is 5.97 Å². The van der Waals surface area contributed by atoms with Gasteiger partial charge in [0.2, 0.25) is 0 Å². The van der Waals surface area contributed by atoms with Crippen molar-refractivity contribution in [2.45, 2.75) is 0 Å². The second kappa shape index (κ2) is 4.20. The highest BCUT2D eigenvalue weighted by Crippen LogP contribution is 2.30. The van der Waals surface area contributed by atoms with Gasteiger partial charge in [0.15, 0.2) is 0 Å². The van der Waals surface area contributed by atoms with Crippen LogP contribution < -0.4 is 5.32 Å². The summed E-state index contributed by atoms with van der Waals surface area (Å²) in [5.74, 6) is -0.0265. The standard InChI is InChI=1S/C7H11NO2S/c9-7(10)5-8-6-11-3-1-2-4-11/h1-4,8,11H,5-6H2,(H,9,10). The SMILES string of the molecule is O=C(O)CNC[SH]1C=CC=C1. The van der Waals surface area contributed by atoms with Crippen molar-refractivity contribution < 1.29 is 9.90 Å². The predicted octanol–water partition coefficient (Wildman–Crippen LogP) is 0.660. The van der Waals surface area contributed by atoms with Gasteiger partial charge in [0.1, 0.15) is 0 Å². The van der Waals surface area contributed by atoms with Crippen LogP contribution in [0.1, 0.15) is 0 Å². The molecule has 0 fully saturated rings. The minimum absolute atomic E-state index is 0.0561. The molecule has 0 unspecified atom stereocenters. The number of carbonyl (C=O) groups is 1. The lowest BCUT2D eigenvalue weighted by Crippen LogP contribution is -2.22. The summed E-state index contributed by atoms with van der Waals surface area (Å²) in [4.78, 5) is 10.1. The van der Waals surface area contributed by atoms with Crippen LogP contribution in [0.15, 0.2) is 23.0 Å². The second-order valence-corrected chi connectivity index (χ2v) is 4.12. The lowest BCUT2D eigenvalue weighted by atomic mass is 10.6. The average molecular weight is 173 g/mol. The molecule has 0 aromatic rings. The van der Waals surface area contributed by atoms with Crippen LogP contribution in [-0.4, -0.2) is 23.5 Å². The van der Waals surface area contributed by atoms with Crippen molar-refractivity contribution in [2.75, 3.05) is 12.4 Å². The Morgan fingerprint density at radius 1 is 1.45 bits per heavy atom. The van der Waals surface area contributed by atoms with Gasteiger partial charge < -0.3 is 5.11 Å². The van der Waals surface area contributed by atoms with Gasteiger partial charge in [0.25, 0.3) is 0 Å². The van der Waals surface area contributed by atoms with Crippen LogP contribution in [0.5, 0.6) is 0 Å². The van der Waals surface area contributed by atoms with E-state index in [1.807, 2.05) is 12.2 Å². The monoisotopic (exact) mass is 173 g/mol. The molecule has 0 saturated carbocycles. The number of nitrogens with one attached hydrogen (secondary N) is 1.